The third kappa shape index (κ3) is 3.42. The molecule has 1 unspecified atom stereocenters. The highest BCUT2D eigenvalue weighted by Crippen LogP contribution is 2.02. The second-order valence-corrected chi connectivity index (χ2v) is 3.63. The fourth-order valence-corrected chi connectivity index (χ4v) is 1.29. The average molecular weight is 193 g/mol. The maximum Gasteiger partial charge on any atom is 0.128 e. The van der Waals surface area contributed by atoms with E-state index < -0.39 is 0 Å². The summed E-state index contributed by atoms with van der Waals surface area (Å²) in [5.74, 6) is 0.932. The van der Waals surface area contributed by atoms with Crippen molar-refractivity contribution in [3.8, 4) is 0 Å². The normalized spacial score (nSPS) is 12.8. The number of nitrogens with zero attached hydrogens (tertiary/aromatic N) is 2. The van der Waals surface area contributed by atoms with Crippen LogP contribution in [0.4, 0.5) is 0 Å². The van der Waals surface area contributed by atoms with E-state index in [0.717, 1.165) is 37.1 Å². The predicted octanol–water partition coefficient (Wildman–Crippen LogP) is 1.71. The Morgan fingerprint density at radius 1 is 1.29 bits per heavy atom. The van der Waals surface area contributed by atoms with Gasteiger partial charge in [0.25, 0.3) is 0 Å². The van der Waals surface area contributed by atoms with Crippen molar-refractivity contribution in [2.45, 2.75) is 45.6 Å². The van der Waals surface area contributed by atoms with Crippen LogP contribution < -0.4 is 5.73 Å². The monoisotopic (exact) mass is 193 g/mol. The standard InChI is InChI=1S/C11H19N3/c1-3-5-11-13-7-9(8-14-11)6-10(12)4-2/h7-8,10H,3-6,12H2,1-2H3. The van der Waals surface area contributed by atoms with E-state index in [4.69, 9.17) is 5.73 Å². The van der Waals surface area contributed by atoms with Gasteiger partial charge in [-0.3, -0.25) is 0 Å². The molecule has 1 atom stereocenters. The predicted molar refractivity (Wildman–Crippen MR) is 58.0 cm³/mol. The van der Waals surface area contributed by atoms with Crippen molar-refractivity contribution in [2.75, 3.05) is 0 Å². The molecule has 78 valence electrons. The molecule has 1 rings (SSSR count). The molecular weight excluding hydrogens is 174 g/mol. The van der Waals surface area contributed by atoms with Gasteiger partial charge in [0.2, 0.25) is 0 Å². The van der Waals surface area contributed by atoms with Crippen LogP contribution in [0.3, 0.4) is 0 Å². The van der Waals surface area contributed by atoms with Crippen LogP contribution in [-0.2, 0) is 12.8 Å². The van der Waals surface area contributed by atoms with Crippen molar-refractivity contribution in [1.29, 1.82) is 0 Å². The van der Waals surface area contributed by atoms with Crippen molar-refractivity contribution in [1.82, 2.24) is 9.97 Å². The van der Waals surface area contributed by atoms with E-state index in [9.17, 15) is 0 Å². The highest BCUT2D eigenvalue weighted by Gasteiger charge is 2.02. The van der Waals surface area contributed by atoms with Crippen LogP contribution in [0.15, 0.2) is 12.4 Å². The van der Waals surface area contributed by atoms with Crippen LogP contribution in [0.2, 0.25) is 0 Å². The van der Waals surface area contributed by atoms with Gasteiger partial charge in [0.1, 0.15) is 5.82 Å². The lowest BCUT2D eigenvalue weighted by atomic mass is 10.1. The summed E-state index contributed by atoms with van der Waals surface area (Å²) in [6.07, 6.45) is 7.72. The molecule has 0 saturated heterocycles. The third-order valence-electron chi connectivity index (χ3n) is 2.25. The Morgan fingerprint density at radius 2 is 1.93 bits per heavy atom. The van der Waals surface area contributed by atoms with E-state index in [1.165, 1.54) is 0 Å². The fourth-order valence-electron chi connectivity index (χ4n) is 1.29. The molecule has 1 aromatic rings. The largest absolute Gasteiger partial charge is 0.327 e. The first-order chi connectivity index (χ1) is 6.76. The molecule has 0 aliphatic heterocycles. The van der Waals surface area contributed by atoms with Crippen molar-refractivity contribution < 1.29 is 0 Å². The van der Waals surface area contributed by atoms with Gasteiger partial charge in [-0.1, -0.05) is 13.8 Å². The zero-order valence-electron chi connectivity index (χ0n) is 9.03. The fraction of sp³-hybridized carbons (Fsp3) is 0.636. The van der Waals surface area contributed by atoms with Gasteiger partial charge in [0.05, 0.1) is 0 Å². The van der Waals surface area contributed by atoms with Gasteiger partial charge in [-0.15, -0.1) is 0 Å². The topological polar surface area (TPSA) is 51.8 Å². The molecule has 2 N–H and O–H groups in total. The van der Waals surface area contributed by atoms with Gasteiger partial charge in [0, 0.05) is 24.9 Å². The van der Waals surface area contributed by atoms with Crippen molar-refractivity contribution in [3.05, 3.63) is 23.8 Å². The second-order valence-electron chi connectivity index (χ2n) is 3.63. The molecule has 1 heterocycles. The summed E-state index contributed by atoms with van der Waals surface area (Å²) in [6.45, 7) is 4.22. The maximum atomic E-state index is 5.85. The molecule has 3 heteroatoms. The molecule has 0 aliphatic rings. The Morgan fingerprint density at radius 3 is 2.43 bits per heavy atom. The first kappa shape index (κ1) is 11.1. The lowest BCUT2D eigenvalue weighted by molar-refractivity contribution is 0.642. The minimum absolute atomic E-state index is 0.232. The van der Waals surface area contributed by atoms with Gasteiger partial charge in [0.15, 0.2) is 0 Å². The first-order valence-electron chi connectivity index (χ1n) is 5.31. The van der Waals surface area contributed by atoms with E-state index >= 15 is 0 Å². The first-order valence-corrected chi connectivity index (χ1v) is 5.31. The maximum absolute atomic E-state index is 5.85. The van der Waals surface area contributed by atoms with Gasteiger partial charge >= 0.3 is 0 Å². The molecule has 0 fully saturated rings. The van der Waals surface area contributed by atoms with E-state index in [1.54, 1.807) is 0 Å². The summed E-state index contributed by atoms with van der Waals surface area (Å²) < 4.78 is 0. The number of rotatable bonds is 5. The number of nitrogens with two attached hydrogens (primary N) is 1. The second kappa shape index (κ2) is 5.70. The van der Waals surface area contributed by atoms with E-state index in [-0.39, 0.29) is 6.04 Å². The third-order valence-corrected chi connectivity index (χ3v) is 2.25. The lowest BCUT2D eigenvalue weighted by Gasteiger charge is -2.07. The summed E-state index contributed by atoms with van der Waals surface area (Å²) in [6, 6.07) is 0.232. The lowest BCUT2D eigenvalue weighted by Crippen LogP contribution is -2.21. The Labute approximate surface area is 85.8 Å². The smallest absolute Gasteiger partial charge is 0.128 e. The molecule has 0 radical (unpaired) electrons. The molecule has 1 aromatic heterocycles. The zero-order valence-corrected chi connectivity index (χ0v) is 9.03. The summed E-state index contributed by atoms with van der Waals surface area (Å²) in [5, 5.41) is 0. The quantitative estimate of drug-likeness (QED) is 0.774. The van der Waals surface area contributed by atoms with Crippen LogP contribution in [-0.4, -0.2) is 16.0 Å². The molecule has 0 spiro atoms. The molecule has 0 amide bonds. The minimum atomic E-state index is 0.232. The number of aryl methyl sites for hydroxylation is 1. The van der Waals surface area contributed by atoms with E-state index in [0.29, 0.717) is 0 Å². The van der Waals surface area contributed by atoms with Crippen LogP contribution >= 0.6 is 0 Å². The van der Waals surface area contributed by atoms with Crippen molar-refractivity contribution in [3.63, 3.8) is 0 Å². The Hall–Kier alpha value is -0.960. The SMILES string of the molecule is CCCc1ncc(CC(N)CC)cn1. The summed E-state index contributed by atoms with van der Waals surface area (Å²) >= 11 is 0. The van der Waals surface area contributed by atoms with Crippen LogP contribution in [0.25, 0.3) is 0 Å². The average Bonchev–Trinajstić information content (AvgIpc) is 2.21. The van der Waals surface area contributed by atoms with Gasteiger partial charge in [-0.05, 0) is 24.8 Å². The summed E-state index contributed by atoms with van der Waals surface area (Å²) in [4.78, 5) is 8.58. The number of hydrogen-bond donors (Lipinski definition) is 1. The van der Waals surface area contributed by atoms with Crippen LogP contribution in [0, 0.1) is 0 Å². The molecule has 3 nitrogen and oxygen atoms in total. The summed E-state index contributed by atoms with van der Waals surface area (Å²) in [5.41, 5.74) is 6.98. The minimum Gasteiger partial charge on any atom is -0.327 e. The molecule has 14 heavy (non-hydrogen) atoms. The van der Waals surface area contributed by atoms with E-state index in [2.05, 4.69) is 23.8 Å². The summed E-state index contributed by atoms with van der Waals surface area (Å²) in [7, 11) is 0. The highest BCUT2D eigenvalue weighted by atomic mass is 14.9. The molecular formula is C11H19N3. The van der Waals surface area contributed by atoms with Gasteiger partial charge in [-0.25, -0.2) is 9.97 Å². The van der Waals surface area contributed by atoms with Gasteiger partial charge < -0.3 is 5.73 Å². The molecule has 0 saturated carbocycles. The number of aromatic nitrogens is 2. The molecule has 0 bridgehead atoms. The van der Waals surface area contributed by atoms with Crippen LogP contribution in [0.1, 0.15) is 38.1 Å². The Kier molecular flexibility index (Phi) is 4.53. The Balaban J connectivity index is 2.54. The highest BCUT2D eigenvalue weighted by molar-refractivity contribution is 5.07. The molecule has 0 aromatic carbocycles. The van der Waals surface area contributed by atoms with Crippen molar-refractivity contribution >= 4 is 0 Å². The van der Waals surface area contributed by atoms with Crippen LogP contribution in [0.5, 0.6) is 0 Å². The van der Waals surface area contributed by atoms with Gasteiger partial charge in [-0.2, -0.15) is 0 Å². The zero-order chi connectivity index (χ0) is 10.4. The van der Waals surface area contributed by atoms with E-state index in [1.807, 2.05) is 12.4 Å². The van der Waals surface area contributed by atoms with Crippen molar-refractivity contribution in [2.24, 2.45) is 5.73 Å². The Bertz CT molecular complexity index is 256. The molecule has 0 aliphatic carbocycles. The number of hydrogen-bond acceptors (Lipinski definition) is 3.